The Morgan fingerprint density at radius 1 is 0.588 bits per heavy atom. The average molecular weight is 680 g/mol. The number of nitrogens with zero attached hydrogens (tertiary/aromatic N) is 4. The maximum absolute atomic E-state index is 5.43. The number of hydrogen-bond donors (Lipinski definition) is 1. The first-order valence-electron chi connectivity index (χ1n) is 18.0. The molecular formula is C44H49N5O2. The lowest BCUT2D eigenvalue weighted by atomic mass is 10.0. The maximum Gasteiger partial charge on any atom is 0.162 e. The number of hydrogen-bond acceptors (Lipinski definition) is 5. The minimum Gasteiger partial charge on any atom is -0.497 e. The van der Waals surface area contributed by atoms with Gasteiger partial charge in [-0.1, -0.05) is 76.2 Å². The summed E-state index contributed by atoms with van der Waals surface area (Å²) in [5.74, 6) is 3.06. The lowest BCUT2D eigenvalue weighted by molar-refractivity contribution is 0.296. The molecule has 0 bridgehead atoms. The number of benzene rings is 4. The Bertz CT molecular complexity index is 1980. The first-order chi connectivity index (χ1) is 24.9. The van der Waals surface area contributed by atoms with Crippen LogP contribution in [-0.2, 0) is 13.1 Å². The number of aromatic amines is 1. The molecule has 2 heterocycles. The van der Waals surface area contributed by atoms with Crippen molar-refractivity contribution < 1.29 is 9.47 Å². The number of methoxy groups -OCH3 is 2. The topological polar surface area (TPSA) is 65.4 Å². The molecule has 4 aromatic carbocycles. The number of aliphatic imine (C=N–C) groups is 2. The number of rotatable bonds is 15. The molecule has 0 fully saturated rings. The summed E-state index contributed by atoms with van der Waals surface area (Å²) in [5, 5.41) is 0. The van der Waals surface area contributed by atoms with Crippen LogP contribution in [0.2, 0.25) is 0 Å². The van der Waals surface area contributed by atoms with Gasteiger partial charge < -0.3 is 14.5 Å². The van der Waals surface area contributed by atoms with E-state index in [0.29, 0.717) is 5.84 Å². The standard InChI is InChI=1S/C44H49N5O2/c1-7-48(8-2)29-31-11-15-33(16-12-31)39-27-41(35-19-23-37(50-5)24-20-35)45-43(39)47-44-40(28-42(46-44)36-21-25-38(51-6)26-22-36)34-17-13-32(14-18-34)30-49(9-3)10-4/h11-28,45H,7-10,29-30H2,1-6H3/b47-44-. The molecule has 0 atom stereocenters. The van der Waals surface area contributed by atoms with Crippen molar-refractivity contribution >= 4 is 22.9 Å². The molecule has 1 N–H and O–H groups in total. The summed E-state index contributed by atoms with van der Waals surface area (Å²) in [7, 11) is 3.37. The molecule has 0 unspecified atom stereocenters. The predicted molar refractivity (Wildman–Crippen MR) is 213 cm³/mol. The molecule has 0 aliphatic carbocycles. The van der Waals surface area contributed by atoms with Gasteiger partial charge in [0, 0.05) is 35.5 Å². The van der Waals surface area contributed by atoms with E-state index in [1.165, 1.54) is 11.1 Å². The number of ether oxygens (including phenoxy) is 2. The largest absolute Gasteiger partial charge is 0.497 e. The maximum atomic E-state index is 5.43. The fourth-order valence-electron chi connectivity index (χ4n) is 6.39. The summed E-state index contributed by atoms with van der Waals surface area (Å²) in [6.45, 7) is 14.8. The number of aromatic nitrogens is 1. The van der Waals surface area contributed by atoms with Crippen LogP contribution in [0.4, 0.5) is 5.82 Å². The van der Waals surface area contributed by atoms with E-state index in [1.54, 1.807) is 14.2 Å². The Kier molecular flexibility index (Phi) is 11.6. The molecule has 1 aliphatic rings. The predicted octanol–water partition coefficient (Wildman–Crippen LogP) is 9.67. The van der Waals surface area contributed by atoms with Gasteiger partial charge in [0.25, 0.3) is 0 Å². The van der Waals surface area contributed by atoms with Gasteiger partial charge in [-0.05, 0) is 115 Å². The highest BCUT2D eigenvalue weighted by Crippen LogP contribution is 2.37. The minimum atomic E-state index is 0.667. The number of H-pyrrole nitrogens is 1. The van der Waals surface area contributed by atoms with Crippen LogP contribution in [-0.4, -0.2) is 66.7 Å². The van der Waals surface area contributed by atoms with Gasteiger partial charge in [-0.2, -0.15) is 0 Å². The smallest absolute Gasteiger partial charge is 0.162 e. The highest BCUT2D eigenvalue weighted by atomic mass is 16.5. The normalized spacial score (nSPS) is 13.6. The average Bonchev–Trinajstić information content (AvgIpc) is 3.81. The third-order valence-electron chi connectivity index (χ3n) is 9.68. The Labute approximate surface area is 303 Å². The van der Waals surface area contributed by atoms with Crippen molar-refractivity contribution in [2.45, 2.75) is 40.8 Å². The highest BCUT2D eigenvalue weighted by molar-refractivity contribution is 6.38. The summed E-state index contributed by atoms with van der Waals surface area (Å²) in [4.78, 5) is 19.0. The third-order valence-corrected chi connectivity index (χ3v) is 9.68. The van der Waals surface area contributed by atoms with Crippen LogP contribution in [0, 0.1) is 0 Å². The van der Waals surface area contributed by atoms with E-state index in [4.69, 9.17) is 19.5 Å². The van der Waals surface area contributed by atoms with Crippen molar-refractivity contribution in [3.63, 3.8) is 0 Å². The molecule has 5 aromatic rings. The summed E-state index contributed by atoms with van der Waals surface area (Å²) < 4.78 is 10.9. The monoisotopic (exact) mass is 679 g/mol. The molecular weight excluding hydrogens is 631 g/mol. The van der Waals surface area contributed by atoms with E-state index < -0.39 is 0 Å². The van der Waals surface area contributed by atoms with E-state index >= 15 is 0 Å². The zero-order valence-corrected chi connectivity index (χ0v) is 30.7. The van der Waals surface area contributed by atoms with Crippen LogP contribution in [0.15, 0.2) is 119 Å². The summed E-state index contributed by atoms with van der Waals surface area (Å²) >= 11 is 0. The zero-order valence-electron chi connectivity index (χ0n) is 30.7. The fraction of sp³-hybridized carbons (Fsp3) is 0.273. The Hall–Kier alpha value is -5.24. The highest BCUT2D eigenvalue weighted by Gasteiger charge is 2.21. The molecule has 7 nitrogen and oxygen atoms in total. The van der Waals surface area contributed by atoms with Crippen molar-refractivity contribution in [2.24, 2.45) is 9.98 Å². The quantitative estimate of drug-likeness (QED) is 0.120. The van der Waals surface area contributed by atoms with E-state index in [0.717, 1.165) is 101 Å². The van der Waals surface area contributed by atoms with Crippen LogP contribution in [0.1, 0.15) is 49.9 Å². The second-order valence-electron chi connectivity index (χ2n) is 12.7. The molecule has 7 heteroatoms. The minimum absolute atomic E-state index is 0.667. The van der Waals surface area contributed by atoms with Crippen molar-refractivity contribution in [1.82, 2.24) is 14.8 Å². The first-order valence-corrected chi connectivity index (χ1v) is 18.0. The van der Waals surface area contributed by atoms with Crippen molar-refractivity contribution in [2.75, 3.05) is 40.4 Å². The van der Waals surface area contributed by atoms with Crippen LogP contribution < -0.4 is 9.47 Å². The van der Waals surface area contributed by atoms with Crippen LogP contribution in [0.5, 0.6) is 11.5 Å². The SMILES string of the molecule is CCN(CC)Cc1ccc(C2=CC(c3ccc(OC)cc3)=N/C2=N\c2[nH]c(-c3ccc(OC)cc3)cc2-c2ccc(CN(CC)CC)cc2)cc1. The van der Waals surface area contributed by atoms with Gasteiger partial charge in [0.05, 0.1) is 19.9 Å². The molecule has 0 radical (unpaired) electrons. The molecule has 0 saturated heterocycles. The summed E-state index contributed by atoms with van der Waals surface area (Å²) in [5.41, 5.74) is 10.6. The lowest BCUT2D eigenvalue weighted by Crippen LogP contribution is -2.22. The molecule has 6 rings (SSSR count). The molecule has 1 aliphatic heterocycles. The molecule has 0 amide bonds. The van der Waals surface area contributed by atoms with E-state index in [9.17, 15) is 0 Å². The molecule has 262 valence electrons. The van der Waals surface area contributed by atoms with Crippen LogP contribution >= 0.6 is 0 Å². The summed E-state index contributed by atoms with van der Waals surface area (Å²) in [6.07, 6.45) is 2.15. The van der Waals surface area contributed by atoms with Crippen LogP contribution in [0.25, 0.3) is 28.0 Å². The Balaban J connectivity index is 1.44. The molecule has 51 heavy (non-hydrogen) atoms. The number of allylic oxidation sites excluding steroid dienone is 1. The van der Waals surface area contributed by atoms with Gasteiger partial charge in [-0.25, -0.2) is 9.98 Å². The van der Waals surface area contributed by atoms with Gasteiger partial charge in [-0.3, -0.25) is 9.80 Å². The fourth-order valence-corrected chi connectivity index (χ4v) is 6.39. The van der Waals surface area contributed by atoms with Gasteiger partial charge in [0.1, 0.15) is 17.3 Å². The van der Waals surface area contributed by atoms with Crippen molar-refractivity contribution in [3.8, 4) is 33.9 Å². The summed E-state index contributed by atoms with van der Waals surface area (Å²) in [6, 6.07) is 36.0. The molecule has 0 spiro atoms. The van der Waals surface area contributed by atoms with Gasteiger partial charge in [0.15, 0.2) is 5.84 Å². The Morgan fingerprint density at radius 3 is 1.55 bits per heavy atom. The molecule has 1 aromatic heterocycles. The zero-order chi connectivity index (χ0) is 35.7. The van der Waals surface area contributed by atoms with Gasteiger partial charge >= 0.3 is 0 Å². The first kappa shape index (κ1) is 35.6. The van der Waals surface area contributed by atoms with Crippen molar-refractivity contribution in [1.29, 1.82) is 0 Å². The second-order valence-corrected chi connectivity index (χ2v) is 12.7. The lowest BCUT2D eigenvalue weighted by Gasteiger charge is -2.18. The number of nitrogens with one attached hydrogen (secondary N) is 1. The Morgan fingerprint density at radius 2 is 1.06 bits per heavy atom. The van der Waals surface area contributed by atoms with E-state index in [1.807, 2.05) is 36.4 Å². The second kappa shape index (κ2) is 16.6. The van der Waals surface area contributed by atoms with Gasteiger partial charge in [0.2, 0.25) is 0 Å². The van der Waals surface area contributed by atoms with E-state index in [-0.39, 0.29) is 0 Å². The number of amidine groups is 1. The molecule has 0 saturated carbocycles. The van der Waals surface area contributed by atoms with Gasteiger partial charge in [-0.15, -0.1) is 0 Å². The van der Waals surface area contributed by atoms with E-state index in [2.05, 4.69) is 115 Å². The third kappa shape index (κ3) is 8.39. The van der Waals surface area contributed by atoms with Crippen molar-refractivity contribution in [3.05, 3.63) is 131 Å². The van der Waals surface area contributed by atoms with Crippen LogP contribution in [0.3, 0.4) is 0 Å².